The van der Waals surface area contributed by atoms with E-state index in [9.17, 15) is 4.79 Å². The molecule has 23 heavy (non-hydrogen) atoms. The first kappa shape index (κ1) is 15.7. The van der Waals surface area contributed by atoms with Crippen LogP contribution in [0.3, 0.4) is 0 Å². The third-order valence-corrected chi connectivity index (χ3v) is 4.09. The Morgan fingerprint density at radius 2 is 1.96 bits per heavy atom. The van der Waals surface area contributed by atoms with Crippen molar-refractivity contribution in [1.82, 2.24) is 20.0 Å². The molecular formula is C17H22N4O2. The second-order valence-electron chi connectivity index (χ2n) is 6.04. The molecule has 6 nitrogen and oxygen atoms in total. The molecule has 2 heterocycles. The lowest BCUT2D eigenvalue weighted by Crippen LogP contribution is -2.48. The van der Waals surface area contributed by atoms with Gasteiger partial charge in [-0.05, 0) is 12.5 Å². The molecule has 0 atom stereocenters. The van der Waals surface area contributed by atoms with Gasteiger partial charge in [0.15, 0.2) is 0 Å². The molecule has 1 aliphatic heterocycles. The van der Waals surface area contributed by atoms with Crippen LogP contribution in [0.1, 0.15) is 22.9 Å². The van der Waals surface area contributed by atoms with Crippen LogP contribution in [0.5, 0.6) is 0 Å². The second-order valence-corrected chi connectivity index (χ2v) is 6.04. The van der Waals surface area contributed by atoms with Gasteiger partial charge >= 0.3 is 0 Å². The van der Waals surface area contributed by atoms with Crippen molar-refractivity contribution in [2.24, 2.45) is 0 Å². The summed E-state index contributed by atoms with van der Waals surface area (Å²) in [5, 5.41) is 7.86. The highest BCUT2D eigenvalue weighted by molar-refractivity contribution is 5.78. The van der Waals surface area contributed by atoms with Crippen molar-refractivity contribution in [3.63, 3.8) is 0 Å². The number of benzene rings is 1. The Bertz CT molecular complexity index is 675. The van der Waals surface area contributed by atoms with E-state index >= 15 is 0 Å². The zero-order chi connectivity index (χ0) is 16.2. The minimum Gasteiger partial charge on any atom is -0.424 e. The highest BCUT2D eigenvalue weighted by atomic mass is 16.4. The van der Waals surface area contributed by atoms with Crippen LogP contribution in [0.4, 0.5) is 0 Å². The Hall–Kier alpha value is -2.21. The molecule has 0 spiro atoms. The van der Waals surface area contributed by atoms with E-state index < -0.39 is 0 Å². The molecule has 3 rings (SSSR count). The molecule has 2 aromatic rings. The van der Waals surface area contributed by atoms with Gasteiger partial charge in [0, 0.05) is 33.1 Å². The summed E-state index contributed by atoms with van der Waals surface area (Å²) in [6.07, 6.45) is 0.477. The Morgan fingerprint density at radius 3 is 2.61 bits per heavy atom. The van der Waals surface area contributed by atoms with E-state index in [1.54, 1.807) is 6.92 Å². The zero-order valence-corrected chi connectivity index (χ0v) is 13.7. The summed E-state index contributed by atoms with van der Waals surface area (Å²) in [6, 6.07) is 8.14. The predicted molar refractivity (Wildman–Crippen MR) is 85.8 cm³/mol. The molecule has 1 aliphatic rings. The summed E-state index contributed by atoms with van der Waals surface area (Å²) in [7, 11) is 0. The van der Waals surface area contributed by atoms with E-state index in [1.807, 2.05) is 30.0 Å². The van der Waals surface area contributed by atoms with E-state index in [0.29, 0.717) is 24.7 Å². The van der Waals surface area contributed by atoms with Crippen molar-refractivity contribution in [3.8, 4) is 0 Å². The van der Waals surface area contributed by atoms with Crippen molar-refractivity contribution in [2.45, 2.75) is 26.8 Å². The van der Waals surface area contributed by atoms with Gasteiger partial charge < -0.3 is 9.32 Å². The van der Waals surface area contributed by atoms with Crippen LogP contribution in [0, 0.1) is 13.8 Å². The van der Waals surface area contributed by atoms with Crippen molar-refractivity contribution in [3.05, 3.63) is 47.2 Å². The number of carbonyl (C=O) groups excluding carboxylic acids is 1. The molecule has 1 aromatic carbocycles. The van der Waals surface area contributed by atoms with Crippen LogP contribution >= 0.6 is 0 Å². The summed E-state index contributed by atoms with van der Waals surface area (Å²) in [4.78, 5) is 16.6. The standard InChI is InChI=1S/C17H22N4O2/c1-13-4-3-5-15(10-13)11-17(22)21-8-6-20(7-9-21)12-16-19-18-14(2)23-16/h3-5,10H,6-9,11-12H2,1-2H3. The SMILES string of the molecule is Cc1cccc(CC(=O)N2CCN(Cc3nnc(C)o3)CC2)c1. The molecule has 0 radical (unpaired) electrons. The molecule has 0 aliphatic carbocycles. The average molecular weight is 314 g/mol. The van der Waals surface area contributed by atoms with Gasteiger partial charge in [-0.2, -0.15) is 0 Å². The van der Waals surface area contributed by atoms with Crippen LogP contribution in [-0.2, 0) is 17.8 Å². The van der Waals surface area contributed by atoms with Crippen molar-refractivity contribution in [1.29, 1.82) is 0 Å². The average Bonchev–Trinajstić information content (AvgIpc) is 2.93. The molecule has 0 bridgehead atoms. The number of hydrogen-bond donors (Lipinski definition) is 0. The number of amides is 1. The van der Waals surface area contributed by atoms with Gasteiger partial charge in [-0.25, -0.2) is 0 Å². The van der Waals surface area contributed by atoms with E-state index in [-0.39, 0.29) is 5.91 Å². The molecule has 0 unspecified atom stereocenters. The van der Waals surface area contributed by atoms with Gasteiger partial charge in [-0.15, -0.1) is 10.2 Å². The number of carbonyl (C=O) groups is 1. The first-order chi connectivity index (χ1) is 11.1. The molecule has 1 aromatic heterocycles. The quantitative estimate of drug-likeness (QED) is 0.857. The number of nitrogens with zero attached hydrogens (tertiary/aromatic N) is 4. The van der Waals surface area contributed by atoms with Crippen LogP contribution in [-0.4, -0.2) is 52.1 Å². The van der Waals surface area contributed by atoms with Crippen LogP contribution in [0.15, 0.2) is 28.7 Å². The minimum absolute atomic E-state index is 0.198. The van der Waals surface area contributed by atoms with Crippen LogP contribution in [0.2, 0.25) is 0 Å². The molecule has 1 saturated heterocycles. The number of rotatable bonds is 4. The van der Waals surface area contributed by atoms with Gasteiger partial charge in [-0.3, -0.25) is 9.69 Å². The molecule has 1 amide bonds. The molecular weight excluding hydrogens is 292 g/mol. The lowest BCUT2D eigenvalue weighted by Gasteiger charge is -2.34. The number of aryl methyl sites for hydroxylation is 2. The first-order valence-corrected chi connectivity index (χ1v) is 7.95. The summed E-state index contributed by atoms with van der Waals surface area (Å²) in [5.41, 5.74) is 2.27. The van der Waals surface area contributed by atoms with Crippen LogP contribution < -0.4 is 0 Å². The summed E-state index contributed by atoms with van der Waals surface area (Å²) in [6.45, 7) is 7.66. The zero-order valence-electron chi connectivity index (χ0n) is 13.7. The minimum atomic E-state index is 0.198. The predicted octanol–water partition coefficient (Wildman–Crippen LogP) is 1.57. The first-order valence-electron chi connectivity index (χ1n) is 7.95. The Labute approximate surface area is 136 Å². The van der Waals surface area contributed by atoms with Gasteiger partial charge in [0.25, 0.3) is 0 Å². The molecule has 0 saturated carbocycles. The highest BCUT2D eigenvalue weighted by Gasteiger charge is 2.22. The normalized spacial score (nSPS) is 15.8. The monoisotopic (exact) mass is 314 g/mol. The fourth-order valence-corrected chi connectivity index (χ4v) is 2.86. The van der Waals surface area contributed by atoms with Gasteiger partial charge in [0.05, 0.1) is 13.0 Å². The van der Waals surface area contributed by atoms with Crippen molar-refractivity contribution >= 4 is 5.91 Å². The number of aromatic nitrogens is 2. The van der Waals surface area contributed by atoms with Crippen molar-refractivity contribution < 1.29 is 9.21 Å². The number of hydrogen-bond acceptors (Lipinski definition) is 5. The Morgan fingerprint density at radius 1 is 1.17 bits per heavy atom. The Balaban J connectivity index is 1.49. The van der Waals surface area contributed by atoms with E-state index in [1.165, 1.54) is 5.56 Å². The largest absolute Gasteiger partial charge is 0.424 e. The summed E-state index contributed by atoms with van der Waals surface area (Å²) in [5.74, 6) is 1.43. The van der Waals surface area contributed by atoms with Gasteiger partial charge in [0.1, 0.15) is 0 Å². The third kappa shape index (κ3) is 4.16. The fraction of sp³-hybridized carbons (Fsp3) is 0.471. The van der Waals surface area contributed by atoms with Gasteiger partial charge in [0.2, 0.25) is 17.7 Å². The highest BCUT2D eigenvalue weighted by Crippen LogP contribution is 2.11. The molecule has 6 heteroatoms. The topological polar surface area (TPSA) is 62.5 Å². The van der Waals surface area contributed by atoms with E-state index in [2.05, 4.69) is 21.2 Å². The lowest BCUT2D eigenvalue weighted by atomic mass is 10.1. The molecule has 1 fully saturated rings. The maximum absolute atomic E-state index is 12.4. The Kier molecular flexibility index (Phi) is 4.71. The second kappa shape index (κ2) is 6.91. The summed E-state index contributed by atoms with van der Waals surface area (Å²) >= 11 is 0. The van der Waals surface area contributed by atoms with Crippen molar-refractivity contribution in [2.75, 3.05) is 26.2 Å². The molecule has 122 valence electrons. The summed E-state index contributed by atoms with van der Waals surface area (Å²) < 4.78 is 5.41. The van der Waals surface area contributed by atoms with Crippen LogP contribution in [0.25, 0.3) is 0 Å². The third-order valence-electron chi connectivity index (χ3n) is 4.09. The van der Waals surface area contributed by atoms with E-state index in [0.717, 1.165) is 31.7 Å². The number of piperazine rings is 1. The van der Waals surface area contributed by atoms with E-state index in [4.69, 9.17) is 4.42 Å². The lowest BCUT2D eigenvalue weighted by molar-refractivity contribution is -0.132. The molecule has 0 N–H and O–H groups in total. The van der Waals surface area contributed by atoms with Gasteiger partial charge in [-0.1, -0.05) is 29.8 Å². The maximum Gasteiger partial charge on any atom is 0.230 e. The maximum atomic E-state index is 12.4. The fourth-order valence-electron chi connectivity index (χ4n) is 2.86. The smallest absolute Gasteiger partial charge is 0.230 e.